The SMILES string of the molecule is CC(=O)N(Cc1ccccn1)C(=O)C1CC(F)CN1n1ccc2cc(-c3ccnnc3)ccc21. The molecule has 9 heteroatoms. The van der Waals surface area contributed by atoms with Crippen LogP contribution < -0.4 is 5.01 Å². The summed E-state index contributed by atoms with van der Waals surface area (Å²) in [5.74, 6) is -0.828. The fourth-order valence-corrected chi connectivity index (χ4v) is 4.41. The second-order valence-electron chi connectivity index (χ2n) is 8.30. The van der Waals surface area contributed by atoms with Gasteiger partial charge in [-0.3, -0.25) is 29.2 Å². The van der Waals surface area contributed by atoms with Crippen molar-refractivity contribution in [1.29, 1.82) is 0 Å². The van der Waals surface area contributed by atoms with Gasteiger partial charge in [0.15, 0.2) is 0 Å². The Bertz CT molecular complexity index is 1330. The Morgan fingerprint density at radius 2 is 1.97 bits per heavy atom. The van der Waals surface area contributed by atoms with Crippen molar-refractivity contribution in [2.45, 2.75) is 32.1 Å². The normalized spacial score (nSPS) is 17.8. The number of hydrogen-bond acceptors (Lipinski definition) is 6. The number of aromatic nitrogens is 4. The number of amides is 2. The van der Waals surface area contributed by atoms with E-state index in [1.165, 1.54) is 6.92 Å². The predicted molar refractivity (Wildman–Crippen MR) is 125 cm³/mol. The molecule has 8 nitrogen and oxygen atoms in total. The van der Waals surface area contributed by atoms with Gasteiger partial charge in [0.25, 0.3) is 5.91 Å². The standard InChI is InChI=1S/C25H23FN6O2/c1-17(33)30(16-22-4-2-3-9-27-22)25(34)24-13-21(26)15-32(24)31-11-8-19-12-18(5-6-23(19)31)20-7-10-28-29-14-20/h2-12,14,21,24H,13,15-16H2,1H3. The van der Waals surface area contributed by atoms with Gasteiger partial charge in [-0.25, -0.2) is 4.39 Å². The average molecular weight is 458 g/mol. The second-order valence-corrected chi connectivity index (χ2v) is 8.30. The molecule has 2 atom stereocenters. The van der Waals surface area contributed by atoms with Crippen LogP contribution in [0.2, 0.25) is 0 Å². The summed E-state index contributed by atoms with van der Waals surface area (Å²) in [5, 5.41) is 10.4. The van der Waals surface area contributed by atoms with Gasteiger partial charge in [-0.15, -0.1) is 0 Å². The van der Waals surface area contributed by atoms with Crippen LogP contribution in [0, 0.1) is 0 Å². The zero-order valence-corrected chi connectivity index (χ0v) is 18.6. The first-order valence-electron chi connectivity index (χ1n) is 11.0. The van der Waals surface area contributed by atoms with E-state index < -0.39 is 24.0 Å². The third kappa shape index (κ3) is 4.12. The molecule has 0 N–H and O–H groups in total. The minimum Gasteiger partial charge on any atom is -0.297 e. The average Bonchev–Trinajstić information content (AvgIpc) is 3.45. The second kappa shape index (κ2) is 9.01. The number of halogens is 1. The molecule has 4 aromatic rings. The van der Waals surface area contributed by atoms with E-state index in [1.807, 2.05) is 41.2 Å². The van der Waals surface area contributed by atoms with E-state index in [0.29, 0.717) is 5.69 Å². The molecule has 2 amide bonds. The van der Waals surface area contributed by atoms with E-state index >= 15 is 0 Å². The third-order valence-electron chi connectivity index (χ3n) is 6.07. The first-order chi connectivity index (χ1) is 16.5. The lowest BCUT2D eigenvalue weighted by atomic mass is 10.1. The Balaban J connectivity index is 1.45. The van der Waals surface area contributed by atoms with Crippen molar-refractivity contribution in [3.63, 3.8) is 0 Å². The van der Waals surface area contributed by atoms with Crippen molar-refractivity contribution >= 4 is 22.7 Å². The Kier molecular flexibility index (Phi) is 5.75. The molecule has 0 saturated carbocycles. The number of imide groups is 1. The van der Waals surface area contributed by atoms with Gasteiger partial charge in [-0.1, -0.05) is 12.1 Å². The van der Waals surface area contributed by atoms with Crippen LogP contribution >= 0.6 is 0 Å². The molecule has 0 bridgehead atoms. The van der Waals surface area contributed by atoms with Gasteiger partial charge >= 0.3 is 0 Å². The fourth-order valence-electron chi connectivity index (χ4n) is 4.41. The number of benzene rings is 1. The minimum absolute atomic E-state index is 0.0191. The molecule has 1 saturated heterocycles. The molecule has 0 aliphatic carbocycles. The zero-order chi connectivity index (χ0) is 23.7. The summed E-state index contributed by atoms with van der Waals surface area (Å²) in [6.45, 7) is 1.45. The lowest BCUT2D eigenvalue weighted by Crippen LogP contribution is -2.50. The number of pyridine rings is 1. The monoisotopic (exact) mass is 458 g/mol. The van der Waals surface area contributed by atoms with Crippen LogP contribution in [0.15, 0.2) is 73.3 Å². The van der Waals surface area contributed by atoms with Crippen molar-refractivity contribution in [3.05, 3.63) is 79.0 Å². The van der Waals surface area contributed by atoms with Crippen LogP contribution in [0.25, 0.3) is 22.0 Å². The topological polar surface area (TPSA) is 84.2 Å². The first-order valence-corrected chi connectivity index (χ1v) is 11.0. The predicted octanol–water partition coefficient (Wildman–Crippen LogP) is 3.12. The van der Waals surface area contributed by atoms with E-state index in [9.17, 15) is 14.0 Å². The Morgan fingerprint density at radius 1 is 1.09 bits per heavy atom. The number of rotatable bonds is 5. The van der Waals surface area contributed by atoms with Crippen LogP contribution in [-0.4, -0.2) is 55.3 Å². The molecule has 2 unspecified atom stereocenters. The quantitative estimate of drug-likeness (QED) is 0.457. The molecule has 34 heavy (non-hydrogen) atoms. The number of carbonyl (C=O) groups excluding carboxylic acids is 2. The fraction of sp³-hybridized carbons (Fsp3) is 0.240. The molecule has 172 valence electrons. The van der Waals surface area contributed by atoms with Gasteiger partial charge < -0.3 is 0 Å². The maximum atomic E-state index is 14.6. The minimum atomic E-state index is -1.18. The van der Waals surface area contributed by atoms with E-state index in [-0.39, 0.29) is 19.5 Å². The Morgan fingerprint density at radius 3 is 2.71 bits per heavy atom. The van der Waals surface area contributed by atoms with Gasteiger partial charge in [-0.2, -0.15) is 10.2 Å². The highest BCUT2D eigenvalue weighted by atomic mass is 19.1. The lowest BCUT2D eigenvalue weighted by molar-refractivity contribution is -0.145. The summed E-state index contributed by atoms with van der Waals surface area (Å²) in [4.78, 5) is 31.2. The number of nitrogens with zero attached hydrogens (tertiary/aromatic N) is 6. The van der Waals surface area contributed by atoms with Gasteiger partial charge in [0.1, 0.15) is 12.2 Å². The summed E-state index contributed by atoms with van der Waals surface area (Å²) in [5.41, 5.74) is 3.36. The van der Waals surface area contributed by atoms with E-state index in [2.05, 4.69) is 15.2 Å². The van der Waals surface area contributed by atoms with Crippen molar-refractivity contribution in [3.8, 4) is 11.1 Å². The first kappa shape index (κ1) is 21.7. The molecular weight excluding hydrogens is 435 g/mol. The molecular formula is C25H23FN6O2. The molecule has 0 spiro atoms. The molecule has 3 aromatic heterocycles. The number of alkyl halides is 1. The highest BCUT2D eigenvalue weighted by molar-refractivity contribution is 5.98. The summed E-state index contributed by atoms with van der Waals surface area (Å²) in [6, 6.07) is 14.2. The summed E-state index contributed by atoms with van der Waals surface area (Å²) >= 11 is 0. The van der Waals surface area contributed by atoms with Crippen LogP contribution in [0.3, 0.4) is 0 Å². The Labute approximate surface area is 195 Å². The smallest absolute Gasteiger partial charge is 0.253 e. The largest absolute Gasteiger partial charge is 0.297 e. The maximum Gasteiger partial charge on any atom is 0.253 e. The van der Waals surface area contributed by atoms with Crippen molar-refractivity contribution in [2.75, 3.05) is 11.6 Å². The molecule has 4 heterocycles. The molecule has 1 aliphatic heterocycles. The van der Waals surface area contributed by atoms with Crippen molar-refractivity contribution in [1.82, 2.24) is 24.8 Å². The van der Waals surface area contributed by atoms with Crippen molar-refractivity contribution in [2.24, 2.45) is 0 Å². The van der Waals surface area contributed by atoms with Crippen LogP contribution in [0.5, 0.6) is 0 Å². The van der Waals surface area contributed by atoms with E-state index in [0.717, 1.165) is 26.9 Å². The van der Waals surface area contributed by atoms with Crippen LogP contribution in [-0.2, 0) is 16.1 Å². The van der Waals surface area contributed by atoms with Gasteiger partial charge in [0.05, 0.1) is 36.7 Å². The molecule has 1 aromatic carbocycles. The Hall–Kier alpha value is -4.14. The zero-order valence-electron chi connectivity index (χ0n) is 18.6. The highest BCUT2D eigenvalue weighted by Gasteiger charge is 2.41. The molecule has 1 fully saturated rings. The number of fused-ring (bicyclic) bond motifs is 1. The molecule has 5 rings (SSSR count). The summed E-state index contributed by atoms with van der Waals surface area (Å²) < 4.78 is 16.4. The summed E-state index contributed by atoms with van der Waals surface area (Å²) in [7, 11) is 0. The van der Waals surface area contributed by atoms with E-state index in [4.69, 9.17) is 0 Å². The lowest BCUT2D eigenvalue weighted by Gasteiger charge is -2.31. The molecule has 1 aliphatic rings. The molecule has 0 radical (unpaired) electrons. The number of hydrogen-bond donors (Lipinski definition) is 0. The van der Waals surface area contributed by atoms with E-state index in [1.54, 1.807) is 41.8 Å². The van der Waals surface area contributed by atoms with Gasteiger partial charge in [0, 0.05) is 36.7 Å². The number of carbonyl (C=O) groups is 2. The summed E-state index contributed by atoms with van der Waals surface area (Å²) in [6.07, 6.45) is 5.61. The van der Waals surface area contributed by atoms with Gasteiger partial charge in [0.2, 0.25) is 5.91 Å². The van der Waals surface area contributed by atoms with Crippen molar-refractivity contribution < 1.29 is 14.0 Å². The third-order valence-corrected chi connectivity index (χ3v) is 6.07. The van der Waals surface area contributed by atoms with Gasteiger partial charge in [-0.05, 0) is 42.0 Å². The van der Waals surface area contributed by atoms with Crippen LogP contribution in [0.4, 0.5) is 4.39 Å². The maximum absolute atomic E-state index is 14.6. The van der Waals surface area contributed by atoms with Crippen LogP contribution in [0.1, 0.15) is 19.0 Å². The highest BCUT2D eigenvalue weighted by Crippen LogP contribution is 2.28.